The van der Waals surface area contributed by atoms with Crippen LogP contribution in [0.2, 0.25) is 0 Å². The smallest absolute Gasteiger partial charge is 0.0585 e. The van der Waals surface area contributed by atoms with Crippen molar-refractivity contribution < 1.29 is 9.84 Å². The van der Waals surface area contributed by atoms with Crippen LogP contribution in [0.1, 0.15) is 20.3 Å². The van der Waals surface area contributed by atoms with E-state index in [1.54, 1.807) is 0 Å². The van der Waals surface area contributed by atoms with E-state index in [0.29, 0.717) is 0 Å². The summed E-state index contributed by atoms with van der Waals surface area (Å²) in [6.45, 7) is 6.59. The standard InChI is InChI=1S/C8H19NO2/c1-3-9-8(7-10)5-6-11-4-2/h8-10H,3-7H2,1-2H3. The third kappa shape index (κ3) is 6.28. The molecule has 0 spiro atoms. The molecule has 0 amide bonds. The second-order valence-corrected chi connectivity index (χ2v) is 2.42. The van der Waals surface area contributed by atoms with Crippen molar-refractivity contribution in [2.24, 2.45) is 0 Å². The van der Waals surface area contributed by atoms with Gasteiger partial charge in [0.1, 0.15) is 0 Å². The number of aliphatic hydroxyl groups excluding tert-OH is 1. The average molecular weight is 161 g/mol. The highest BCUT2D eigenvalue weighted by Gasteiger charge is 2.03. The fourth-order valence-electron chi connectivity index (χ4n) is 0.917. The lowest BCUT2D eigenvalue weighted by Gasteiger charge is -2.13. The van der Waals surface area contributed by atoms with Crippen LogP contribution in [0, 0.1) is 0 Å². The maximum Gasteiger partial charge on any atom is 0.0585 e. The Labute approximate surface area is 68.8 Å². The summed E-state index contributed by atoms with van der Waals surface area (Å²) in [6, 6.07) is 0.201. The van der Waals surface area contributed by atoms with E-state index in [0.717, 1.165) is 26.2 Å². The predicted molar refractivity (Wildman–Crippen MR) is 45.7 cm³/mol. The van der Waals surface area contributed by atoms with Gasteiger partial charge in [0.05, 0.1) is 6.61 Å². The highest BCUT2D eigenvalue weighted by molar-refractivity contribution is 4.62. The summed E-state index contributed by atoms with van der Waals surface area (Å²) in [5.41, 5.74) is 0. The van der Waals surface area contributed by atoms with Gasteiger partial charge in [-0.15, -0.1) is 0 Å². The Morgan fingerprint density at radius 3 is 2.64 bits per heavy atom. The van der Waals surface area contributed by atoms with Crippen LogP contribution < -0.4 is 5.32 Å². The predicted octanol–water partition coefficient (Wildman–Crippen LogP) is 0.383. The average Bonchev–Trinajstić information content (AvgIpc) is 2.03. The Bertz CT molecular complexity index is 78.5. The maximum absolute atomic E-state index is 8.84. The molecule has 0 radical (unpaired) electrons. The summed E-state index contributed by atoms with van der Waals surface area (Å²) >= 11 is 0. The van der Waals surface area contributed by atoms with Crippen LogP contribution in [-0.4, -0.2) is 37.5 Å². The molecule has 0 heterocycles. The van der Waals surface area contributed by atoms with Crippen molar-refractivity contribution in [3.8, 4) is 0 Å². The number of rotatable bonds is 7. The zero-order chi connectivity index (χ0) is 8.53. The monoisotopic (exact) mass is 161 g/mol. The molecule has 1 unspecified atom stereocenters. The summed E-state index contributed by atoms with van der Waals surface area (Å²) < 4.78 is 5.16. The van der Waals surface area contributed by atoms with Gasteiger partial charge < -0.3 is 15.2 Å². The van der Waals surface area contributed by atoms with Gasteiger partial charge in [-0.1, -0.05) is 6.92 Å². The van der Waals surface area contributed by atoms with Crippen LogP contribution in [0.5, 0.6) is 0 Å². The number of nitrogens with one attached hydrogen (secondary N) is 1. The molecule has 0 aliphatic rings. The normalized spacial score (nSPS) is 13.4. The van der Waals surface area contributed by atoms with Crippen molar-refractivity contribution in [2.45, 2.75) is 26.3 Å². The van der Waals surface area contributed by atoms with Crippen molar-refractivity contribution in [2.75, 3.05) is 26.4 Å². The first kappa shape index (κ1) is 10.9. The highest BCUT2D eigenvalue weighted by atomic mass is 16.5. The molecule has 0 saturated carbocycles. The van der Waals surface area contributed by atoms with Crippen molar-refractivity contribution in [1.82, 2.24) is 5.32 Å². The minimum Gasteiger partial charge on any atom is -0.395 e. The van der Waals surface area contributed by atoms with E-state index < -0.39 is 0 Å². The topological polar surface area (TPSA) is 41.5 Å². The molecule has 0 aromatic carbocycles. The second-order valence-electron chi connectivity index (χ2n) is 2.42. The third-order valence-electron chi connectivity index (χ3n) is 1.53. The molecular weight excluding hydrogens is 142 g/mol. The van der Waals surface area contributed by atoms with Crippen molar-refractivity contribution in [3.05, 3.63) is 0 Å². The van der Waals surface area contributed by atoms with Gasteiger partial charge in [0.25, 0.3) is 0 Å². The van der Waals surface area contributed by atoms with Gasteiger partial charge in [0.15, 0.2) is 0 Å². The lowest BCUT2D eigenvalue weighted by Crippen LogP contribution is -2.33. The van der Waals surface area contributed by atoms with E-state index in [4.69, 9.17) is 9.84 Å². The zero-order valence-corrected chi connectivity index (χ0v) is 7.47. The lowest BCUT2D eigenvalue weighted by molar-refractivity contribution is 0.124. The first-order chi connectivity index (χ1) is 5.35. The quantitative estimate of drug-likeness (QED) is 0.530. The lowest BCUT2D eigenvalue weighted by atomic mass is 10.2. The number of hydrogen-bond donors (Lipinski definition) is 2. The van der Waals surface area contributed by atoms with Gasteiger partial charge in [0.2, 0.25) is 0 Å². The Hall–Kier alpha value is -0.120. The molecule has 3 heteroatoms. The van der Waals surface area contributed by atoms with Gasteiger partial charge >= 0.3 is 0 Å². The van der Waals surface area contributed by atoms with Crippen LogP contribution in [0.3, 0.4) is 0 Å². The molecule has 68 valence electrons. The van der Waals surface area contributed by atoms with Crippen LogP contribution in [0.25, 0.3) is 0 Å². The first-order valence-electron chi connectivity index (χ1n) is 4.27. The van der Waals surface area contributed by atoms with Crippen molar-refractivity contribution in [3.63, 3.8) is 0 Å². The molecule has 0 bridgehead atoms. The van der Waals surface area contributed by atoms with E-state index in [1.807, 2.05) is 13.8 Å². The first-order valence-corrected chi connectivity index (χ1v) is 4.27. The Kier molecular flexibility index (Phi) is 7.89. The molecule has 2 N–H and O–H groups in total. The minimum atomic E-state index is 0.195. The Morgan fingerprint density at radius 1 is 1.45 bits per heavy atom. The summed E-state index contributed by atoms with van der Waals surface area (Å²) in [4.78, 5) is 0. The number of aliphatic hydroxyl groups is 1. The Balaban J connectivity index is 3.20. The Morgan fingerprint density at radius 2 is 2.18 bits per heavy atom. The summed E-state index contributed by atoms with van der Waals surface area (Å²) in [6.07, 6.45) is 0.887. The molecule has 0 saturated heterocycles. The van der Waals surface area contributed by atoms with Gasteiger partial charge in [0, 0.05) is 19.3 Å². The van der Waals surface area contributed by atoms with E-state index in [2.05, 4.69) is 5.32 Å². The molecule has 0 rings (SSSR count). The fraction of sp³-hybridized carbons (Fsp3) is 1.00. The van der Waals surface area contributed by atoms with Crippen LogP contribution >= 0.6 is 0 Å². The second kappa shape index (κ2) is 7.98. The fourth-order valence-corrected chi connectivity index (χ4v) is 0.917. The van der Waals surface area contributed by atoms with Crippen molar-refractivity contribution >= 4 is 0 Å². The minimum absolute atomic E-state index is 0.195. The van der Waals surface area contributed by atoms with E-state index >= 15 is 0 Å². The third-order valence-corrected chi connectivity index (χ3v) is 1.53. The zero-order valence-electron chi connectivity index (χ0n) is 7.47. The van der Waals surface area contributed by atoms with E-state index in [-0.39, 0.29) is 12.6 Å². The molecule has 0 aromatic heterocycles. The number of ether oxygens (including phenoxy) is 1. The van der Waals surface area contributed by atoms with Gasteiger partial charge in [-0.05, 0) is 19.9 Å². The molecule has 0 aliphatic carbocycles. The van der Waals surface area contributed by atoms with E-state index in [9.17, 15) is 0 Å². The molecule has 3 nitrogen and oxygen atoms in total. The largest absolute Gasteiger partial charge is 0.395 e. The number of likely N-dealkylation sites (N-methyl/N-ethyl adjacent to an activating group) is 1. The maximum atomic E-state index is 8.84. The molecule has 11 heavy (non-hydrogen) atoms. The SMILES string of the molecule is CCNC(CO)CCOCC. The molecule has 0 fully saturated rings. The summed E-state index contributed by atoms with van der Waals surface area (Å²) in [5, 5.41) is 12.0. The van der Waals surface area contributed by atoms with Crippen molar-refractivity contribution in [1.29, 1.82) is 0 Å². The van der Waals surface area contributed by atoms with Crippen LogP contribution in [-0.2, 0) is 4.74 Å². The van der Waals surface area contributed by atoms with Gasteiger partial charge in [-0.25, -0.2) is 0 Å². The van der Waals surface area contributed by atoms with Crippen LogP contribution in [0.15, 0.2) is 0 Å². The molecule has 0 aliphatic heterocycles. The van der Waals surface area contributed by atoms with Gasteiger partial charge in [-0.2, -0.15) is 0 Å². The van der Waals surface area contributed by atoms with E-state index in [1.165, 1.54) is 0 Å². The number of hydrogen-bond acceptors (Lipinski definition) is 3. The summed E-state index contributed by atoms with van der Waals surface area (Å²) in [5.74, 6) is 0. The van der Waals surface area contributed by atoms with Gasteiger partial charge in [-0.3, -0.25) is 0 Å². The molecule has 0 aromatic rings. The molecular formula is C8H19NO2. The molecule has 1 atom stereocenters. The summed E-state index contributed by atoms with van der Waals surface area (Å²) in [7, 11) is 0. The highest BCUT2D eigenvalue weighted by Crippen LogP contribution is 1.91. The van der Waals surface area contributed by atoms with Crippen LogP contribution in [0.4, 0.5) is 0 Å².